The van der Waals surface area contributed by atoms with Crippen LogP contribution < -0.4 is 0 Å². The highest BCUT2D eigenvalue weighted by atomic mass is 28.4. The van der Waals surface area contributed by atoms with Gasteiger partial charge in [-0.1, -0.05) is 65.3 Å². The fourth-order valence-corrected chi connectivity index (χ4v) is 9.22. The second-order valence-electron chi connectivity index (χ2n) is 6.90. The van der Waals surface area contributed by atoms with Crippen LogP contribution in [0, 0.1) is 5.92 Å². The molecule has 1 unspecified atom stereocenters. The van der Waals surface area contributed by atoms with Crippen molar-refractivity contribution >= 4 is 8.32 Å². The fourth-order valence-electron chi connectivity index (χ4n) is 3.73. The average Bonchev–Trinajstić information content (AvgIpc) is 2.30. The van der Waals surface area contributed by atoms with E-state index in [-0.39, 0.29) is 0 Å². The molecule has 0 aliphatic heterocycles. The summed E-state index contributed by atoms with van der Waals surface area (Å²) in [5.41, 5.74) is 3.50. The van der Waals surface area contributed by atoms with E-state index in [9.17, 15) is 0 Å². The summed E-state index contributed by atoms with van der Waals surface area (Å²) in [4.78, 5) is 0. The molecule has 1 nitrogen and oxygen atoms in total. The maximum atomic E-state index is 6.69. The summed E-state index contributed by atoms with van der Waals surface area (Å²) in [7, 11) is -1.69. The van der Waals surface area contributed by atoms with E-state index in [0.29, 0.717) is 22.5 Å². The second kappa shape index (κ2) is 6.89. The summed E-state index contributed by atoms with van der Waals surface area (Å²) in [5.74, 6) is 0.591. The molecule has 1 rings (SSSR count). The van der Waals surface area contributed by atoms with E-state index in [0.717, 1.165) is 13.0 Å². The molecule has 0 amide bonds. The van der Waals surface area contributed by atoms with Gasteiger partial charge in [0.15, 0.2) is 8.32 Å². The Morgan fingerprint density at radius 2 is 1.63 bits per heavy atom. The van der Waals surface area contributed by atoms with Crippen LogP contribution in [0.25, 0.3) is 0 Å². The lowest BCUT2D eigenvalue weighted by Gasteiger charge is -2.43. The van der Waals surface area contributed by atoms with Crippen LogP contribution in [-0.4, -0.2) is 14.9 Å². The molecule has 2 heteroatoms. The zero-order chi connectivity index (χ0) is 14.6. The average molecular weight is 281 g/mol. The lowest BCUT2D eigenvalue weighted by Crippen LogP contribution is -2.48. The molecule has 19 heavy (non-hydrogen) atoms. The Balaban J connectivity index is 2.79. The Labute approximate surface area is 121 Å². The minimum absolute atomic E-state index is 0.591. The molecule has 0 aromatic rings. The Morgan fingerprint density at radius 3 is 2.05 bits per heavy atom. The predicted octanol–water partition coefficient (Wildman–Crippen LogP) is 5.70. The van der Waals surface area contributed by atoms with Crippen LogP contribution in [0.3, 0.4) is 0 Å². The van der Waals surface area contributed by atoms with Crippen LogP contribution in [0.15, 0.2) is 23.8 Å². The molecule has 0 saturated carbocycles. The topological polar surface area (TPSA) is 9.23 Å². The molecule has 1 aliphatic rings. The third kappa shape index (κ3) is 3.60. The first kappa shape index (κ1) is 16.7. The number of allylic oxidation sites excluding steroid dienone is 3. The third-order valence-electron chi connectivity index (χ3n) is 4.80. The van der Waals surface area contributed by atoms with Gasteiger partial charge in [0.25, 0.3) is 0 Å². The molecular weight excluding hydrogens is 248 g/mol. The molecular formula is C17H32OSi. The first-order chi connectivity index (χ1) is 8.82. The molecule has 1 aliphatic carbocycles. The Kier molecular flexibility index (Phi) is 6.06. The smallest absolute Gasteiger partial charge is 0.200 e. The van der Waals surface area contributed by atoms with E-state index in [1.54, 1.807) is 0 Å². The molecule has 0 aromatic carbocycles. The van der Waals surface area contributed by atoms with E-state index in [1.807, 2.05) is 0 Å². The van der Waals surface area contributed by atoms with Crippen molar-refractivity contribution in [3.8, 4) is 0 Å². The number of hydrogen-bond donors (Lipinski definition) is 0. The van der Waals surface area contributed by atoms with Crippen LogP contribution >= 0.6 is 0 Å². The monoisotopic (exact) mass is 280 g/mol. The Morgan fingerprint density at radius 1 is 1.11 bits per heavy atom. The molecule has 0 N–H and O–H groups in total. The van der Waals surface area contributed by atoms with Crippen LogP contribution in [-0.2, 0) is 4.43 Å². The lowest BCUT2D eigenvalue weighted by molar-refractivity contribution is 0.237. The van der Waals surface area contributed by atoms with E-state index in [1.165, 1.54) is 5.57 Å². The highest BCUT2D eigenvalue weighted by Gasteiger charge is 2.45. The maximum absolute atomic E-state index is 6.69. The van der Waals surface area contributed by atoms with Crippen molar-refractivity contribution in [1.29, 1.82) is 0 Å². The van der Waals surface area contributed by atoms with Crippen molar-refractivity contribution in [1.82, 2.24) is 0 Å². The van der Waals surface area contributed by atoms with Gasteiger partial charge in [0, 0.05) is 12.5 Å². The molecule has 110 valence electrons. The van der Waals surface area contributed by atoms with Gasteiger partial charge in [0.2, 0.25) is 0 Å². The summed E-state index contributed by atoms with van der Waals surface area (Å²) in [6, 6.07) is 0. The van der Waals surface area contributed by atoms with Crippen molar-refractivity contribution in [2.45, 2.75) is 71.5 Å². The molecule has 0 bridgehead atoms. The van der Waals surface area contributed by atoms with Crippen molar-refractivity contribution in [3.05, 3.63) is 23.8 Å². The number of hydrogen-bond acceptors (Lipinski definition) is 1. The molecule has 0 fully saturated rings. The normalized spacial score (nSPS) is 20.5. The molecule has 0 radical (unpaired) electrons. The van der Waals surface area contributed by atoms with Gasteiger partial charge in [-0.3, -0.25) is 0 Å². The van der Waals surface area contributed by atoms with Crippen molar-refractivity contribution in [2.75, 3.05) is 6.61 Å². The highest BCUT2D eigenvalue weighted by molar-refractivity contribution is 6.77. The van der Waals surface area contributed by atoms with Gasteiger partial charge in [-0.2, -0.15) is 0 Å². The lowest BCUT2D eigenvalue weighted by atomic mass is 9.94. The second-order valence-corrected chi connectivity index (χ2v) is 12.4. The van der Waals surface area contributed by atoms with Gasteiger partial charge in [-0.05, 0) is 30.0 Å². The summed E-state index contributed by atoms with van der Waals surface area (Å²) in [5, 5.41) is 0. The van der Waals surface area contributed by atoms with E-state index in [4.69, 9.17) is 4.43 Å². The van der Waals surface area contributed by atoms with Crippen LogP contribution in [0.4, 0.5) is 0 Å². The van der Waals surface area contributed by atoms with Gasteiger partial charge in [0.1, 0.15) is 0 Å². The largest absolute Gasteiger partial charge is 0.415 e. The third-order valence-corrected chi connectivity index (χ3v) is 10.9. The van der Waals surface area contributed by atoms with Gasteiger partial charge < -0.3 is 4.43 Å². The quantitative estimate of drug-likeness (QED) is 0.567. The minimum atomic E-state index is -1.69. The number of rotatable bonds is 6. The van der Waals surface area contributed by atoms with Gasteiger partial charge in [-0.25, -0.2) is 0 Å². The Bertz CT molecular complexity index is 317. The summed E-state index contributed by atoms with van der Waals surface area (Å²) < 4.78 is 6.69. The first-order valence-electron chi connectivity index (χ1n) is 7.79. The maximum Gasteiger partial charge on any atom is 0.200 e. The summed E-state index contributed by atoms with van der Waals surface area (Å²) >= 11 is 0. The van der Waals surface area contributed by atoms with Crippen LogP contribution in [0.1, 0.15) is 54.9 Å². The minimum Gasteiger partial charge on any atom is -0.415 e. The molecule has 1 atom stereocenters. The van der Waals surface area contributed by atoms with Crippen LogP contribution in [0.2, 0.25) is 16.6 Å². The van der Waals surface area contributed by atoms with Crippen molar-refractivity contribution < 1.29 is 4.43 Å². The van der Waals surface area contributed by atoms with E-state index < -0.39 is 8.32 Å². The summed E-state index contributed by atoms with van der Waals surface area (Å²) in [6.07, 6.45) is 7.82. The molecule has 0 saturated heterocycles. The standard InChI is InChI=1S/C17H32OSi/c1-13(2)19(14(3)4,15(5)6)18-12-17-11-9-8-10-16(17)7/h8-10,13-15,17H,11-12H2,1-7H3. The fraction of sp³-hybridized carbons (Fsp3) is 0.765. The predicted molar refractivity (Wildman–Crippen MR) is 88.0 cm³/mol. The zero-order valence-corrected chi connectivity index (χ0v) is 14.9. The van der Waals surface area contributed by atoms with Gasteiger partial charge in [-0.15, -0.1) is 0 Å². The molecule has 0 heterocycles. The van der Waals surface area contributed by atoms with Crippen molar-refractivity contribution in [2.24, 2.45) is 5.92 Å². The van der Waals surface area contributed by atoms with Gasteiger partial charge >= 0.3 is 0 Å². The van der Waals surface area contributed by atoms with Crippen LogP contribution in [0.5, 0.6) is 0 Å². The molecule has 0 spiro atoms. The molecule has 0 aromatic heterocycles. The first-order valence-corrected chi connectivity index (χ1v) is 9.93. The Hall–Kier alpha value is -0.343. The van der Waals surface area contributed by atoms with E-state index >= 15 is 0 Å². The zero-order valence-electron chi connectivity index (χ0n) is 13.9. The summed E-state index contributed by atoms with van der Waals surface area (Å²) in [6.45, 7) is 17.3. The SMILES string of the molecule is CC1=CC=CCC1CO[Si](C(C)C)(C(C)C)C(C)C. The highest BCUT2D eigenvalue weighted by Crippen LogP contribution is 2.42. The van der Waals surface area contributed by atoms with E-state index in [2.05, 4.69) is 66.7 Å². The van der Waals surface area contributed by atoms with Crippen molar-refractivity contribution in [3.63, 3.8) is 0 Å². The van der Waals surface area contributed by atoms with Gasteiger partial charge in [0.05, 0.1) is 0 Å².